The fourth-order valence-electron chi connectivity index (χ4n) is 2.78. The zero-order chi connectivity index (χ0) is 21.9. The van der Waals surface area contributed by atoms with Gasteiger partial charge in [-0.05, 0) is 42.5 Å². The van der Waals surface area contributed by atoms with E-state index < -0.39 is 27.2 Å². The number of nitrogens with zero attached hydrogens (tertiary/aromatic N) is 2. The van der Waals surface area contributed by atoms with E-state index in [-0.39, 0.29) is 17.2 Å². The number of quaternary nitrogens is 1. The van der Waals surface area contributed by atoms with Gasteiger partial charge in [0.1, 0.15) is 11.6 Å². The van der Waals surface area contributed by atoms with Gasteiger partial charge < -0.3 is 4.90 Å². The summed E-state index contributed by atoms with van der Waals surface area (Å²) in [5.74, 6) is -1.71. The number of amides is 1. The van der Waals surface area contributed by atoms with Gasteiger partial charge in [0.25, 0.3) is 0 Å². The molecule has 0 aliphatic heterocycles. The molecule has 0 atom stereocenters. The van der Waals surface area contributed by atoms with Crippen molar-refractivity contribution in [1.82, 2.24) is 4.98 Å². The Labute approximate surface area is 177 Å². The number of likely N-dealkylation sites (N-methyl/N-ethyl adjacent to an activating group) is 1. The second-order valence-electron chi connectivity index (χ2n) is 7.13. The molecule has 0 saturated carbocycles. The maximum Gasteiger partial charge on any atom is 0.230 e. The summed E-state index contributed by atoms with van der Waals surface area (Å²) in [5.41, 5.74) is 0.574. The molecule has 10 heteroatoms. The van der Waals surface area contributed by atoms with Crippen LogP contribution in [0.4, 0.5) is 13.9 Å². The molecule has 0 aliphatic rings. The van der Waals surface area contributed by atoms with Crippen LogP contribution < -0.4 is 9.80 Å². The van der Waals surface area contributed by atoms with Crippen molar-refractivity contribution in [1.29, 1.82) is 0 Å². The number of fused-ring (bicyclic) bond motifs is 1. The van der Waals surface area contributed by atoms with E-state index in [1.54, 1.807) is 6.07 Å². The van der Waals surface area contributed by atoms with E-state index >= 15 is 0 Å². The maximum absolute atomic E-state index is 13.5. The number of carbonyl (C=O) groups is 1. The highest BCUT2D eigenvalue weighted by Crippen LogP contribution is 2.29. The fraction of sp³-hybridized carbons (Fsp3) is 0.300. The quantitative estimate of drug-likeness (QED) is 0.528. The van der Waals surface area contributed by atoms with Crippen LogP contribution in [0.2, 0.25) is 0 Å². The van der Waals surface area contributed by atoms with Crippen molar-refractivity contribution in [3.63, 3.8) is 0 Å². The average Bonchev–Trinajstić information content (AvgIpc) is 3.09. The lowest BCUT2D eigenvalue weighted by atomic mass is 10.3. The minimum absolute atomic E-state index is 0.0311. The lowest BCUT2D eigenvalue weighted by Crippen LogP contribution is -3.06. The first-order valence-electron chi connectivity index (χ1n) is 9.29. The lowest BCUT2D eigenvalue weighted by molar-refractivity contribution is -0.856. The van der Waals surface area contributed by atoms with Gasteiger partial charge in [-0.1, -0.05) is 11.3 Å². The van der Waals surface area contributed by atoms with Gasteiger partial charge in [-0.2, -0.15) is 0 Å². The van der Waals surface area contributed by atoms with Crippen LogP contribution in [-0.4, -0.2) is 52.2 Å². The number of sulfone groups is 1. The highest BCUT2D eigenvalue weighted by Gasteiger charge is 2.24. The van der Waals surface area contributed by atoms with E-state index in [0.717, 1.165) is 17.0 Å². The standard InChI is InChI=1S/C20H21F2N3O3S2/c1-24(2)10-11-25(20-23-17-8-5-15(22)13-18(17)29-20)19(26)9-12-30(27,28)16-6-3-14(21)4-7-16/h3-8,13H,9-12H2,1-2H3/p+1. The molecule has 2 aromatic carbocycles. The number of hydrogen-bond donors (Lipinski definition) is 1. The number of nitrogens with one attached hydrogen (secondary N) is 1. The smallest absolute Gasteiger partial charge is 0.230 e. The van der Waals surface area contributed by atoms with Crippen LogP contribution in [0.1, 0.15) is 6.42 Å². The van der Waals surface area contributed by atoms with Crippen molar-refractivity contribution in [2.45, 2.75) is 11.3 Å². The molecule has 160 valence electrons. The number of carbonyl (C=O) groups excluding carboxylic acids is 1. The Morgan fingerprint density at radius 3 is 2.43 bits per heavy atom. The molecule has 6 nitrogen and oxygen atoms in total. The average molecular weight is 455 g/mol. The van der Waals surface area contributed by atoms with E-state index in [2.05, 4.69) is 4.98 Å². The molecule has 3 rings (SSSR count). The summed E-state index contributed by atoms with van der Waals surface area (Å²) >= 11 is 1.18. The Bertz CT molecular complexity index is 1150. The van der Waals surface area contributed by atoms with Crippen molar-refractivity contribution >= 4 is 42.4 Å². The number of benzene rings is 2. The van der Waals surface area contributed by atoms with Crippen molar-refractivity contribution in [2.75, 3.05) is 37.8 Å². The third-order valence-electron chi connectivity index (χ3n) is 4.46. The molecule has 0 aliphatic carbocycles. The number of halogens is 2. The summed E-state index contributed by atoms with van der Waals surface area (Å²) in [6.07, 6.45) is -0.243. The molecule has 30 heavy (non-hydrogen) atoms. The second-order valence-corrected chi connectivity index (χ2v) is 10.3. The number of hydrogen-bond acceptors (Lipinski definition) is 5. The normalized spacial score (nSPS) is 11.9. The fourth-order valence-corrected chi connectivity index (χ4v) is 5.04. The molecule has 0 bridgehead atoms. The Morgan fingerprint density at radius 1 is 1.10 bits per heavy atom. The summed E-state index contributed by atoms with van der Waals surface area (Å²) in [4.78, 5) is 19.9. The van der Waals surface area contributed by atoms with Gasteiger partial charge >= 0.3 is 0 Å². The van der Waals surface area contributed by atoms with Crippen LogP contribution in [0.25, 0.3) is 10.2 Å². The van der Waals surface area contributed by atoms with E-state index in [9.17, 15) is 22.0 Å². The van der Waals surface area contributed by atoms with Crippen LogP contribution >= 0.6 is 11.3 Å². The van der Waals surface area contributed by atoms with Gasteiger partial charge in [-0.25, -0.2) is 22.2 Å². The van der Waals surface area contributed by atoms with Gasteiger partial charge in [0.15, 0.2) is 15.0 Å². The van der Waals surface area contributed by atoms with Gasteiger partial charge in [-0.15, -0.1) is 0 Å². The number of thiazole rings is 1. The third-order valence-corrected chi connectivity index (χ3v) is 7.24. The molecular weight excluding hydrogens is 432 g/mol. The SMILES string of the molecule is C[NH+](C)CCN(C(=O)CCS(=O)(=O)c1ccc(F)cc1)c1nc2ccc(F)cc2s1. The predicted octanol–water partition coefficient (Wildman–Crippen LogP) is 1.92. The molecule has 1 N–H and O–H groups in total. The zero-order valence-corrected chi connectivity index (χ0v) is 18.2. The van der Waals surface area contributed by atoms with Gasteiger partial charge in [0, 0.05) is 6.42 Å². The molecule has 0 unspecified atom stereocenters. The van der Waals surface area contributed by atoms with Crippen molar-refractivity contribution in [2.24, 2.45) is 0 Å². The monoisotopic (exact) mass is 454 g/mol. The zero-order valence-electron chi connectivity index (χ0n) is 16.6. The first-order chi connectivity index (χ1) is 14.2. The Morgan fingerprint density at radius 2 is 1.77 bits per heavy atom. The molecule has 0 fully saturated rings. The summed E-state index contributed by atoms with van der Waals surface area (Å²) in [5, 5.41) is 0.404. The van der Waals surface area contributed by atoms with E-state index in [0.29, 0.717) is 28.4 Å². The molecule has 3 aromatic rings. The van der Waals surface area contributed by atoms with Crippen molar-refractivity contribution in [3.8, 4) is 0 Å². The van der Waals surface area contributed by atoms with E-state index in [4.69, 9.17) is 0 Å². The first-order valence-corrected chi connectivity index (χ1v) is 11.8. The summed E-state index contributed by atoms with van der Waals surface area (Å²) in [6.45, 7) is 0.973. The second kappa shape index (κ2) is 9.15. The minimum atomic E-state index is -3.74. The molecule has 0 radical (unpaired) electrons. The van der Waals surface area contributed by atoms with Crippen molar-refractivity contribution in [3.05, 3.63) is 54.1 Å². The van der Waals surface area contributed by atoms with E-state index in [1.807, 2.05) is 14.1 Å². The molecule has 0 spiro atoms. The topological polar surface area (TPSA) is 71.8 Å². The predicted molar refractivity (Wildman–Crippen MR) is 113 cm³/mol. The third kappa shape index (κ3) is 5.38. The highest BCUT2D eigenvalue weighted by molar-refractivity contribution is 7.91. The summed E-state index contributed by atoms with van der Waals surface area (Å²) < 4.78 is 52.2. The number of anilines is 1. The largest absolute Gasteiger partial charge is 0.338 e. The summed E-state index contributed by atoms with van der Waals surface area (Å²) in [7, 11) is 0.144. The summed E-state index contributed by atoms with van der Waals surface area (Å²) in [6, 6.07) is 8.72. The van der Waals surface area contributed by atoms with Crippen LogP contribution in [0.15, 0.2) is 47.4 Å². The maximum atomic E-state index is 13.5. The number of aromatic nitrogens is 1. The molecule has 1 aromatic heterocycles. The van der Waals surface area contributed by atoms with Gasteiger partial charge in [0.05, 0.1) is 48.0 Å². The number of rotatable bonds is 8. The van der Waals surface area contributed by atoms with Crippen molar-refractivity contribution < 1.29 is 26.9 Å². The Balaban J connectivity index is 1.80. The molecule has 0 saturated heterocycles. The Hall–Kier alpha value is -2.43. The van der Waals surface area contributed by atoms with Gasteiger partial charge in [-0.3, -0.25) is 9.69 Å². The van der Waals surface area contributed by atoms with Crippen LogP contribution in [-0.2, 0) is 14.6 Å². The van der Waals surface area contributed by atoms with Crippen LogP contribution in [0.3, 0.4) is 0 Å². The molecule has 1 amide bonds. The van der Waals surface area contributed by atoms with Gasteiger partial charge in [0.2, 0.25) is 5.91 Å². The Kier molecular flexibility index (Phi) is 6.79. The lowest BCUT2D eigenvalue weighted by Gasteiger charge is -2.20. The molecule has 1 heterocycles. The van der Waals surface area contributed by atoms with E-state index in [1.165, 1.54) is 40.5 Å². The first kappa shape index (κ1) is 22.3. The van der Waals surface area contributed by atoms with Crippen LogP contribution in [0.5, 0.6) is 0 Å². The minimum Gasteiger partial charge on any atom is -0.338 e. The van der Waals surface area contributed by atoms with Crippen LogP contribution in [0, 0.1) is 11.6 Å². The molecular formula is C20H22F2N3O3S2+. The highest BCUT2D eigenvalue weighted by atomic mass is 32.2.